The molecule has 0 saturated heterocycles. The lowest BCUT2D eigenvalue weighted by Crippen LogP contribution is -1.92. The van der Waals surface area contributed by atoms with Gasteiger partial charge in [0.2, 0.25) is 0 Å². The number of hydrogen-bond acceptors (Lipinski definition) is 0. The van der Waals surface area contributed by atoms with Gasteiger partial charge in [0.05, 0.1) is 0 Å². The minimum atomic E-state index is 0.708. The fourth-order valence-electron chi connectivity index (χ4n) is 0.900. The molecule has 0 aliphatic heterocycles. The maximum atomic E-state index is 3.74. The lowest BCUT2D eigenvalue weighted by atomic mass is 10.1. The highest BCUT2D eigenvalue weighted by atomic mass is 79.9. The summed E-state index contributed by atoms with van der Waals surface area (Å²) in [5.74, 6) is 1.59. The quantitative estimate of drug-likeness (QED) is 0.447. The highest BCUT2D eigenvalue weighted by Gasteiger charge is 2.37. The van der Waals surface area contributed by atoms with Crippen LogP contribution in [0, 0.1) is 11.8 Å². The Balaban J connectivity index is 2.27. The number of alkyl halides is 1. The van der Waals surface area contributed by atoms with E-state index in [2.05, 4.69) is 29.4 Å². The lowest BCUT2D eigenvalue weighted by molar-refractivity contribution is 0.634. The van der Waals surface area contributed by atoms with Crippen molar-refractivity contribution >= 4 is 15.9 Å². The van der Waals surface area contributed by atoms with Gasteiger partial charge in [-0.2, -0.15) is 0 Å². The zero-order valence-corrected chi connectivity index (χ0v) is 6.69. The zero-order valence-electron chi connectivity index (χ0n) is 5.10. The van der Waals surface area contributed by atoms with Gasteiger partial charge in [-0.05, 0) is 18.3 Å². The average molecular weight is 175 g/mol. The van der Waals surface area contributed by atoms with Crippen molar-refractivity contribution in [2.45, 2.75) is 18.2 Å². The maximum absolute atomic E-state index is 3.74. The molecule has 1 heteroatoms. The van der Waals surface area contributed by atoms with E-state index >= 15 is 0 Å². The predicted molar refractivity (Wildman–Crippen MR) is 40.2 cm³/mol. The first-order chi connectivity index (χ1) is 3.75. The number of hydrogen-bond donors (Lipinski definition) is 0. The summed E-state index contributed by atoms with van der Waals surface area (Å²) in [6.07, 6.45) is 3.37. The molecular formula is C7H11Br. The molecule has 0 bridgehead atoms. The van der Waals surface area contributed by atoms with Crippen LogP contribution in [0.15, 0.2) is 12.7 Å². The minimum absolute atomic E-state index is 0.708. The standard InChI is InChI=1S/C7H11Br/c1-3-5(2)6-4-7(6)8/h3,5-7H,1,4H2,2H3. The van der Waals surface area contributed by atoms with E-state index in [9.17, 15) is 0 Å². The summed E-state index contributed by atoms with van der Waals surface area (Å²) in [5.41, 5.74) is 0. The van der Waals surface area contributed by atoms with Gasteiger partial charge in [-0.15, -0.1) is 6.58 Å². The largest absolute Gasteiger partial charge is 0.103 e. The van der Waals surface area contributed by atoms with Crippen LogP contribution in [0.4, 0.5) is 0 Å². The van der Waals surface area contributed by atoms with Crippen LogP contribution in [0.5, 0.6) is 0 Å². The summed E-state index contributed by atoms with van der Waals surface area (Å²) < 4.78 is 0. The normalized spacial score (nSPS) is 38.8. The molecule has 0 nitrogen and oxygen atoms in total. The molecule has 0 radical (unpaired) electrons. The number of halogens is 1. The molecule has 0 aromatic carbocycles. The van der Waals surface area contributed by atoms with Crippen LogP contribution in [0.3, 0.4) is 0 Å². The van der Waals surface area contributed by atoms with E-state index in [4.69, 9.17) is 0 Å². The zero-order chi connectivity index (χ0) is 6.15. The van der Waals surface area contributed by atoms with Gasteiger partial charge in [0.25, 0.3) is 0 Å². The Hall–Kier alpha value is 0.220. The highest BCUT2D eigenvalue weighted by Crippen LogP contribution is 2.43. The first kappa shape index (κ1) is 6.34. The molecule has 3 atom stereocenters. The topological polar surface area (TPSA) is 0 Å². The Labute approximate surface area is 59.1 Å². The fourth-order valence-corrected chi connectivity index (χ4v) is 1.81. The van der Waals surface area contributed by atoms with Crippen molar-refractivity contribution < 1.29 is 0 Å². The van der Waals surface area contributed by atoms with Crippen LogP contribution in [-0.4, -0.2) is 4.83 Å². The van der Waals surface area contributed by atoms with Gasteiger partial charge in [-0.3, -0.25) is 0 Å². The highest BCUT2D eigenvalue weighted by molar-refractivity contribution is 9.09. The van der Waals surface area contributed by atoms with Crippen molar-refractivity contribution in [3.05, 3.63) is 12.7 Å². The third-order valence-corrected chi connectivity index (χ3v) is 2.86. The van der Waals surface area contributed by atoms with Crippen molar-refractivity contribution in [2.24, 2.45) is 11.8 Å². The van der Waals surface area contributed by atoms with Crippen LogP contribution < -0.4 is 0 Å². The van der Waals surface area contributed by atoms with E-state index in [0.717, 1.165) is 10.7 Å². The van der Waals surface area contributed by atoms with Crippen LogP contribution >= 0.6 is 15.9 Å². The summed E-state index contributed by atoms with van der Waals surface area (Å²) in [7, 11) is 0. The van der Waals surface area contributed by atoms with Crippen molar-refractivity contribution in [3.63, 3.8) is 0 Å². The summed E-state index contributed by atoms with van der Waals surface area (Å²) >= 11 is 3.54. The molecule has 0 aromatic heterocycles. The second kappa shape index (κ2) is 2.22. The van der Waals surface area contributed by atoms with E-state index < -0.39 is 0 Å². The molecule has 0 heterocycles. The maximum Gasteiger partial charge on any atom is 0.0183 e. The predicted octanol–water partition coefficient (Wildman–Crippen LogP) is 2.59. The molecule has 46 valence electrons. The van der Waals surface area contributed by atoms with Gasteiger partial charge in [0.15, 0.2) is 0 Å². The first-order valence-electron chi connectivity index (χ1n) is 3.02. The van der Waals surface area contributed by atoms with Crippen LogP contribution in [0.2, 0.25) is 0 Å². The van der Waals surface area contributed by atoms with Crippen LogP contribution in [0.1, 0.15) is 13.3 Å². The third kappa shape index (κ3) is 1.13. The molecular weight excluding hydrogens is 164 g/mol. The van der Waals surface area contributed by atoms with Crippen molar-refractivity contribution in [1.29, 1.82) is 0 Å². The molecule has 0 aromatic rings. The Morgan fingerprint density at radius 1 is 1.88 bits per heavy atom. The van der Waals surface area contributed by atoms with Crippen molar-refractivity contribution in [1.82, 2.24) is 0 Å². The Bertz CT molecular complexity index is 98.6. The van der Waals surface area contributed by atoms with E-state index in [1.54, 1.807) is 0 Å². The second-order valence-electron chi connectivity index (χ2n) is 2.51. The lowest BCUT2D eigenvalue weighted by Gasteiger charge is -1.98. The van der Waals surface area contributed by atoms with Gasteiger partial charge >= 0.3 is 0 Å². The van der Waals surface area contributed by atoms with E-state index in [-0.39, 0.29) is 0 Å². The summed E-state index contributed by atoms with van der Waals surface area (Å²) in [6, 6.07) is 0. The molecule has 0 N–H and O–H groups in total. The van der Waals surface area contributed by atoms with Gasteiger partial charge < -0.3 is 0 Å². The molecule has 1 saturated carbocycles. The SMILES string of the molecule is C=CC(C)C1CC1Br. The molecule has 1 fully saturated rings. The van der Waals surface area contributed by atoms with Gasteiger partial charge in [-0.25, -0.2) is 0 Å². The third-order valence-electron chi connectivity index (χ3n) is 1.81. The van der Waals surface area contributed by atoms with Gasteiger partial charge in [0.1, 0.15) is 0 Å². The molecule has 0 spiro atoms. The monoisotopic (exact) mass is 174 g/mol. The van der Waals surface area contributed by atoms with Crippen LogP contribution in [0.25, 0.3) is 0 Å². The Morgan fingerprint density at radius 3 is 2.50 bits per heavy atom. The fraction of sp³-hybridized carbons (Fsp3) is 0.714. The second-order valence-corrected chi connectivity index (χ2v) is 3.69. The van der Waals surface area contributed by atoms with Crippen molar-refractivity contribution in [2.75, 3.05) is 0 Å². The van der Waals surface area contributed by atoms with Crippen molar-refractivity contribution in [3.8, 4) is 0 Å². The molecule has 0 amide bonds. The molecule has 1 rings (SSSR count). The van der Waals surface area contributed by atoms with E-state index in [1.165, 1.54) is 6.42 Å². The van der Waals surface area contributed by atoms with Crippen LogP contribution in [-0.2, 0) is 0 Å². The first-order valence-corrected chi connectivity index (χ1v) is 3.94. The molecule has 1 aliphatic carbocycles. The minimum Gasteiger partial charge on any atom is -0.103 e. The average Bonchev–Trinajstić information content (AvgIpc) is 2.45. The Kier molecular flexibility index (Phi) is 1.76. The Morgan fingerprint density at radius 2 is 2.38 bits per heavy atom. The molecule has 3 unspecified atom stereocenters. The molecule has 8 heavy (non-hydrogen) atoms. The molecule has 1 aliphatic rings. The van der Waals surface area contributed by atoms with Gasteiger partial charge in [0, 0.05) is 4.83 Å². The summed E-state index contributed by atoms with van der Waals surface area (Å²) in [6.45, 7) is 5.96. The van der Waals surface area contributed by atoms with E-state index in [1.807, 2.05) is 6.08 Å². The summed E-state index contributed by atoms with van der Waals surface area (Å²) in [4.78, 5) is 0.787. The summed E-state index contributed by atoms with van der Waals surface area (Å²) in [5, 5.41) is 0. The van der Waals surface area contributed by atoms with E-state index in [0.29, 0.717) is 5.92 Å². The van der Waals surface area contributed by atoms with Gasteiger partial charge in [-0.1, -0.05) is 28.9 Å². The smallest absolute Gasteiger partial charge is 0.0183 e. The number of allylic oxidation sites excluding steroid dienone is 1. The number of rotatable bonds is 2.